The molecule has 0 aromatic heterocycles. The van der Waals surface area contributed by atoms with Crippen molar-refractivity contribution >= 4 is 5.91 Å². The molecule has 0 aromatic rings. The fourth-order valence-corrected chi connectivity index (χ4v) is 1.71. The SMILES string of the molecule is CC1(O)CN(C(=O)CCCCCN)C1. The summed E-state index contributed by atoms with van der Waals surface area (Å²) in [5, 5.41) is 9.43. The summed E-state index contributed by atoms with van der Waals surface area (Å²) >= 11 is 0. The van der Waals surface area contributed by atoms with Gasteiger partial charge in [0.1, 0.15) is 0 Å². The van der Waals surface area contributed by atoms with Gasteiger partial charge in [0.25, 0.3) is 0 Å². The van der Waals surface area contributed by atoms with E-state index in [2.05, 4.69) is 0 Å². The van der Waals surface area contributed by atoms with Gasteiger partial charge in [-0.3, -0.25) is 4.79 Å². The Balaban J connectivity index is 2.06. The third kappa shape index (κ3) is 3.27. The Kier molecular flexibility index (Phi) is 3.89. The van der Waals surface area contributed by atoms with Gasteiger partial charge in [-0.15, -0.1) is 0 Å². The van der Waals surface area contributed by atoms with Crippen LogP contribution < -0.4 is 5.73 Å². The Morgan fingerprint density at radius 1 is 1.43 bits per heavy atom. The Labute approximate surface area is 85.1 Å². The van der Waals surface area contributed by atoms with E-state index in [4.69, 9.17) is 5.73 Å². The van der Waals surface area contributed by atoms with Crippen molar-refractivity contribution in [3.05, 3.63) is 0 Å². The molecule has 0 radical (unpaired) electrons. The topological polar surface area (TPSA) is 66.6 Å². The van der Waals surface area contributed by atoms with E-state index in [1.165, 1.54) is 0 Å². The zero-order chi connectivity index (χ0) is 10.6. The van der Waals surface area contributed by atoms with Gasteiger partial charge in [-0.05, 0) is 26.3 Å². The lowest BCUT2D eigenvalue weighted by molar-refractivity contribution is -0.152. The molecule has 0 bridgehead atoms. The second-order valence-corrected chi connectivity index (χ2v) is 4.35. The number of aliphatic hydroxyl groups is 1. The van der Waals surface area contributed by atoms with Crippen molar-refractivity contribution < 1.29 is 9.90 Å². The monoisotopic (exact) mass is 200 g/mol. The number of hydrogen-bond acceptors (Lipinski definition) is 3. The molecule has 4 nitrogen and oxygen atoms in total. The number of likely N-dealkylation sites (tertiary alicyclic amines) is 1. The highest BCUT2D eigenvalue weighted by molar-refractivity contribution is 5.77. The average Bonchev–Trinajstić information content (AvgIpc) is 2.08. The highest BCUT2D eigenvalue weighted by Gasteiger charge is 2.38. The number of rotatable bonds is 5. The van der Waals surface area contributed by atoms with Crippen LogP contribution in [0.4, 0.5) is 0 Å². The van der Waals surface area contributed by atoms with Gasteiger partial charge in [0.05, 0.1) is 18.7 Å². The summed E-state index contributed by atoms with van der Waals surface area (Å²) in [5.41, 5.74) is 4.70. The molecule has 1 aliphatic rings. The van der Waals surface area contributed by atoms with Gasteiger partial charge in [0.2, 0.25) is 5.91 Å². The number of amides is 1. The molecule has 1 amide bonds. The smallest absolute Gasteiger partial charge is 0.222 e. The molecule has 0 unspecified atom stereocenters. The molecule has 1 saturated heterocycles. The maximum atomic E-state index is 11.5. The van der Waals surface area contributed by atoms with Crippen LogP contribution in [0.2, 0.25) is 0 Å². The third-order valence-electron chi connectivity index (χ3n) is 2.51. The predicted octanol–water partition coefficient (Wildman–Crippen LogP) is 0.0987. The molecule has 4 heteroatoms. The number of carbonyl (C=O) groups excluding carboxylic acids is 1. The minimum absolute atomic E-state index is 0.161. The van der Waals surface area contributed by atoms with E-state index in [0.29, 0.717) is 26.1 Å². The summed E-state index contributed by atoms with van der Waals surface area (Å²) in [6, 6.07) is 0. The molecule has 1 fully saturated rings. The number of β-amino-alcohol motifs (C(OH)–C–C–N with tert-alkyl or cyclic N) is 1. The second kappa shape index (κ2) is 4.75. The van der Waals surface area contributed by atoms with Crippen molar-refractivity contribution in [2.24, 2.45) is 5.73 Å². The van der Waals surface area contributed by atoms with Crippen LogP contribution in [0.25, 0.3) is 0 Å². The summed E-state index contributed by atoms with van der Waals surface area (Å²) in [7, 11) is 0. The minimum atomic E-state index is -0.646. The Morgan fingerprint density at radius 3 is 2.57 bits per heavy atom. The van der Waals surface area contributed by atoms with Crippen LogP contribution in [0.15, 0.2) is 0 Å². The molecule has 1 rings (SSSR count). The summed E-state index contributed by atoms with van der Waals surface area (Å²) in [4.78, 5) is 13.2. The normalized spacial score (nSPS) is 19.2. The van der Waals surface area contributed by atoms with Gasteiger partial charge >= 0.3 is 0 Å². The number of unbranched alkanes of at least 4 members (excludes halogenated alkanes) is 2. The molecule has 14 heavy (non-hydrogen) atoms. The second-order valence-electron chi connectivity index (χ2n) is 4.35. The van der Waals surface area contributed by atoms with Crippen LogP contribution in [0.1, 0.15) is 32.6 Å². The lowest BCUT2D eigenvalue weighted by Crippen LogP contribution is -2.61. The summed E-state index contributed by atoms with van der Waals surface area (Å²) in [5.74, 6) is 0.161. The summed E-state index contributed by atoms with van der Waals surface area (Å²) < 4.78 is 0. The lowest BCUT2D eigenvalue weighted by Gasteiger charge is -2.44. The van der Waals surface area contributed by atoms with Crippen LogP contribution in [-0.2, 0) is 4.79 Å². The largest absolute Gasteiger partial charge is 0.386 e. The lowest BCUT2D eigenvalue weighted by atomic mass is 9.96. The Hall–Kier alpha value is -0.610. The molecule has 82 valence electrons. The van der Waals surface area contributed by atoms with Gasteiger partial charge in [-0.2, -0.15) is 0 Å². The van der Waals surface area contributed by atoms with Crippen LogP contribution in [0, 0.1) is 0 Å². The van der Waals surface area contributed by atoms with E-state index in [-0.39, 0.29) is 5.91 Å². The molecule has 0 saturated carbocycles. The Bertz CT molecular complexity index is 196. The van der Waals surface area contributed by atoms with E-state index < -0.39 is 5.60 Å². The van der Waals surface area contributed by atoms with Crippen molar-refractivity contribution in [3.8, 4) is 0 Å². The molecular formula is C10H20N2O2. The maximum absolute atomic E-state index is 11.5. The first-order valence-electron chi connectivity index (χ1n) is 5.25. The third-order valence-corrected chi connectivity index (χ3v) is 2.51. The van der Waals surface area contributed by atoms with Gasteiger partial charge in [-0.25, -0.2) is 0 Å². The predicted molar refractivity (Wildman–Crippen MR) is 54.7 cm³/mol. The van der Waals surface area contributed by atoms with Gasteiger partial charge < -0.3 is 15.7 Å². The van der Waals surface area contributed by atoms with E-state index >= 15 is 0 Å². The zero-order valence-corrected chi connectivity index (χ0v) is 8.83. The van der Waals surface area contributed by atoms with Crippen LogP contribution in [0.3, 0.4) is 0 Å². The summed E-state index contributed by atoms with van der Waals surface area (Å²) in [6.45, 7) is 3.43. The highest BCUT2D eigenvalue weighted by atomic mass is 16.3. The van der Waals surface area contributed by atoms with Crippen molar-refractivity contribution in [2.75, 3.05) is 19.6 Å². The molecule has 0 spiro atoms. The van der Waals surface area contributed by atoms with Crippen molar-refractivity contribution in [2.45, 2.75) is 38.2 Å². The molecular weight excluding hydrogens is 180 g/mol. The molecule has 0 aliphatic carbocycles. The first-order valence-corrected chi connectivity index (χ1v) is 5.25. The fraction of sp³-hybridized carbons (Fsp3) is 0.900. The highest BCUT2D eigenvalue weighted by Crippen LogP contribution is 2.20. The van der Waals surface area contributed by atoms with Crippen LogP contribution in [0.5, 0.6) is 0 Å². The number of hydrogen-bond donors (Lipinski definition) is 2. The number of nitrogens with two attached hydrogens (primary N) is 1. The number of nitrogens with zero attached hydrogens (tertiary/aromatic N) is 1. The van der Waals surface area contributed by atoms with Crippen LogP contribution >= 0.6 is 0 Å². The van der Waals surface area contributed by atoms with E-state index in [1.54, 1.807) is 11.8 Å². The first kappa shape index (κ1) is 11.5. The van der Waals surface area contributed by atoms with Crippen molar-refractivity contribution in [1.82, 2.24) is 4.90 Å². The minimum Gasteiger partial charge on any atom is -0.386 e. The first-order chi connectivity index (χ1) is 6.55. The van der Waals surface area contributed by atoms with Gasteiger partial charge in [0, 0.05) is 6.42 Å². The molecule has 0 atom stereocenters. The van der Waals surface area contributed by atoms with Gasteiger partial charge in [-0.1, -0.05) is 6.42 Å². The zero-order valence-electron chi connectivity index (χ0n) is 8.83. The van der Waals surface area contributed by atoms with E-state index in [9.17, 15) is 9.90 Å². The molecule has 1 aliphatic heterocycles. The average molecular weight is 200 g/mol. The van der Waals surface area contributed by atoms with Gasteiger partial charge in [0.15, 0.2) is 0 Å². The standard InChI is InChI=1S/C10H20N2O2/c1-10(14)7-12(8-10)9(13)5-3-2-4-6-11/h14H,2-8,11H2,1H3. The quantitative estimate of drug-likeness (QED) is 0.618. The van der Waals surface area contributed by atoms with Crippen molar-refractivity contribution in [3.63, 3.8) is 0 Å². The molecule has 0 aromatic carbocycles. The molecule has 1 heterocycles. The molecule has 3 N–H and O–H groups in total. The number of carbonyl (C=O) groups is 1. The summed E-state index contributed by atoms with van der Waals surface area (Å²) in [6.07, 6.45) is 3.52. The maximum Gasteiger partial charge on any atom is 0.222 e. The van der Waals surface area contributed by atoms with Crippen LogP contribution in [-0.4, -0.2) is 41.1 Å². The Morgan fingerprint density at radius 2 is 2.07 bits per heavy atom. The van der Waals surface area contributed by atoms with E-state index in [0.717, 1.165) is 19.3 Å². The fourth-order valence-electron chi connectivity index (χ4n) is 1.71. The van der Waals surface area contributed by atoms with Crippen molar-refractivity contribution in [1.29, 1.82) is 0 Å². The van der Waals surface area contributed by atoms with E-state index in [1.807, 2.05) is 0 Å².